The van der Waals surface area contributed by atoms with E-state index in [0.717, 1.165) is 22.7 Å². The first-order chi connectivity index (χ1) is 9.60. The molecule has 2 rings (SSSR count). The second kappa shape index (κ2) is 6.06. The number of carbonyl (C=O) groups is 1. The molecule has 5 nitrogen and oxygen atoms in total. The van der Waals surface area contributed by atoms with Crippen molar-refractivity contribution in [2.75, 3.05) is 12.4 Å². The topological polar surface area (TPSA) is 71.5 Å². The molecule has 0 radical (unpaired) electrons. The van der Waals surface area contributed by atoms with Crippen molar-refractivity contribution in [1.82, 2.24) is 4.98 Å². The second-order valence-corrected chi connectivity index (χ2v) is 4.40. The molecule has 0 spiro atoms. The summed E-state index contributed by atoms with van der Waals surface area (Å²) in [7, 11) is 1.62. The molecule has 1 aromatic heterocycles. The number of hydrogen-bond acceptors (Lipinski definition) is 4. The van der Waals surface area contributed by atoms with E-state index >= 15 is 0 Å². The van der Waals surface area contributed by atoms with Crippen molar-refractivity contribution in [2.24, 2.45) is 0 Å². The number of nitrogens with one attached hydrogen (secondary N) is 1. The highest BCUT2D eigenvalue weighted by molar-refractivity contribution is 5.87. The molecular weight excluding hydrogens is 256 g/mol. The molecule has 0 aliphatic carbocycles. The lowest BCUT2D eigenvalue weighted by molar-refractivity contribution is 0.0696. The summed E-state index contributed by atoms with van der Waals surface area (Å²) in [5.74, 6) is -0.213. The maximum absolute atomic E-state index is 10.7. The van der Waals surface area contributed by atoms with Gasteiger partial charge in [0.25, 0.3) is 0 Å². The Morgan fingerprint density at radius 2 is 2.15 bits per heavy atom. The molecule has 0 aliphatic rings. The van der Waals surface area contributed by atoms with Crippen LogP contribution in [0.2, 0.25) is 0 Å². The average molecular weight is 272 g/mol. The molecule has 2 aromatic rings. The summed E-state index contributed by atoms with van der Waals surface area (Å²) in [5, 5.41) is 12.0. The van der Waals surface area contributed by atoms with Crippen molar-refractivity contribution in [3.05, 3.63) is 53.3 Å². The van der Waals surface area contributed by atoms with Gasteiger partial charge < -0.3 is 15.2 Å². The summed E-state index contributed by atoms with van der Waals surface area (Å²) in [6.45, 7) is 2.50. The second-order valence-electron chi connectivity index (χ2n) is 4.40. The van der Waals surface area contributed by atoms with Crippen LogP contribution >= 0.6 is 0 Å². The van der Waals surface area contributed by atoms with Gasteiger partial charge in [0.05, 0.1) is 30.6 Å². The minimum atomic E-state index is -0.975. The van der Waals surface area contributed by atoms with Gasteiger partial charge in [0.1, 0.15) is 5.75 Å². The molecule has 0 saturated heterocycles. The standard InChI is InChI=1S/C15H16N2O3/c1-10-3-6-14(20-2)13(7-10)17-9-12-5-4-11(8-16-12)15(18)19/h3-8,17H,9H2,1-2H3,(H,18,19). The van der Waals surface area contributed by atoms with Gasteiger partial charge in [-0.25, -0.2) is 4.79 Å². The Kier molecular flexibility index (Phi) is 4.20. The fourth-order valence-corrected chi connectivity index (χ4v) is 1.80. The van der Waals surface area contributed by atoms with Gasteiger partial charge in [-0.05, 0) is 36.8 Å². The Labute approximate surface area is 117 Å². The predicted molar refractivity (Wildman–Crippen MR) is 76.3 cm³/mol. The number of ether oxygens (including phenoxy) is 1. The third-order valence-corrected chi connectivity index (χ3v) is 2.89. The van der Waals surface area contributed by atoms with E-state index in [0.29, 0.717) is 6.54 Å². The Morgan fingerprint density at radius 1 is 1.35 bits per heavy atom. The Balaban J connectivity index is 2.08. The summed E-state index contributed by atoms with van der Waals surface area (Å²) in [4.78, 5) is 14.8. The molecule has 5 heteroatoms. The van der Waals surface area contributed by atoms with Crippen molar-refractivity contribution < 1.29 is 14.6 Å². The molecule has 104 valence electrons. The Hall–Kier alpha value is -2.56. The van der Waals surface area contributed by atoms with E-state index in [1.54, 1.807) is 19.2 Å². The third-order valence-electron chi connectivity index (χ3n) is 2.89. The first kappa shape index (κ1) is 13.9. The monoisotopic (exact) mass is 272 g/mol. The quantitative estimate of drug-likeness (QED) is 0.875. The van der Waals surface area contributed by atoms with E-state index in [1.807, 2.05) is 25.1 Å². The predicted octanol–water partition coefficient (Wildman–Crippen LogP) is 2.71. The molecule has 0 bridgehead atoms. The number of aromatic nitrogens is 1. The van der Waals surface area contributed by atoms with Crippen LogP contribution in [-0.4, -0.2) is 23.2 Å². The van der Waals surface area contributed by atoms with Crippen molar-refractivity contribution in [3.8, 4) is 5.75 Å². The summed E-state index contributed by atoms with van der Waals surface area (Å²) in [6.07, 6.45) is 1.35. The molecule has 20 heavy (non-hydrogen) atoms. The number of hydrogen-bond donors (Lipinski definition) is 2. The molecule has 0 aliphatic heterocycles. The molecule has 0 unspecified atom stereocenters. The molecule has 0 amide bonds. The minimum absolute atomic E-state index is 0.182. The zero-order valence-electron chi connectivity index (χ0n) is 11.4. The molecule has 0 saturated carbocycles. The largest absolute Gasteiger partial charge is 0.495 e. The van der Waals surface area contributed by atoms with Gasteiger partial charge in [-0.1, -0.05) is 6.07 Å². The van der Waals surface area contributed by atoms with Crippen molar-refractivity contribution in [1.29, 1.82) is 0 Å². The lowest BCUT2D eigenvalue weighted by Crippen LogP contribution is -2.05. The number of carboxylic acid groups (broad SMARTS) is 1. The number of rotatable bonds is 5. The maximum atomic E-state index is 10.7. The van der Waals surface area contributed by atoms with Gasteiger partial charge >= 0.3 is 5.97 Å². The van der Waals surface area contributed by atoms with E-state index < -0.39 is 5.97 Å². The number of carboxylic acids is 1. The Morgan fingerprint density at radius 3 is 2.75 bits per heavy atom. The first-order valence-electron chi connectivity index (χ1n) is 6.17. The number of benzene rings is 1. The van der Waals surface area contributed by atoms with Crippen LogP contribution in [-0.2, 0) is 6.54 Å². The fourth-order valence-electron chi connectivity index (χ4n) is 1.80. The van der Waals surface area contributed by atoms with Crippen molar-refractivity contribution in [3.63, 3.8) is 0 Å². The van der Waals surface area contributed by atoms with E-state index in [1.165, 1.54) is 6.20 Å². The Bertz CT molecular complexity index is 609. The van der Waals surface area contributed by atoms with Crippen molar-refractivity contribution in [2.45, 2.75) is 13.5 Å². The van der Waals surface area contributed by atoms with Crippen LogP contribution in [0.25, 0.3) is 0 Å². The summed E-state index contributed by atoms with van der Waals surface area (Å²) in [6, 6.07) is 9.10. The summed E-state index contributed by atoms with van der Waals surface area (Å²) < 4.78 is 5.28. The van der Waals surface area contributed by atoms with Gasteiger partial charge in [0.2, 0.25) is 0 Å². The third kappa shape index (κ3) is 3.26. The highest BCUT2D eigenvalue weighted by Gasteiger charge is 2.05. The minimum Gasteiger partial charge on any atom is -0.495 e. The molecule has 0 fully saturated rings. The van der Waals surface area contributed by atoms with E-state index in [-0.39, 0.29) is 5.56 Å². The van der Waals surface area contributed by atoms with Crippen LogP contribution in [0.4, 0.5) is 5.69 Å². The van der Waals surface area contributed by atoms with Crippen LogP contribution < -0.4 is 10.1 Å². The molecular formula is C15H16N2O3. The van der Waals surface area contributed by atoms with Crippen LogP contribution in [0.5, 0.6) is 5.75 Å². The number of nitrogens with zero attached hydrogens (tertiary/aromatic N) is 1. The molecule has 2 N–H and O–H groups in total. The van der Waals surface area contributed by atoms with Gasteiger partial charge in [-0.2, -0.15) is 0 Å². The van der Waals surface area contributed by atoms with Gasteiger partial charge in [0.15, 0.2) is 0 Å². The lowest BCUT2D eigenvalue weighted by atomic mass is 10.2. The summed E-state index contributed by atoms with van der Waals surface area (Å²) >= 11 is 0. The van der Waals surface area contributed by atoms with Gasteiger partial charge in [0, 0.05) is 6.20 Å². The zero-order chi connectivity index (χ0) is 14.5. The van der Waals surface area contributed by atoms with E-state index in [9.17, 15) is 4.79 Å². The molecule has 1 heterocycles. The van der Waals surface area contributed by atoms with E-state index in [2.05, 4.69) is 10.3 Å². The number of pyridine rings is 1. The first-order valence-corrected chi connectivity index (χ1v) is 6.17. The molecule has 1 aromatic carbocycles. The van der Waals surface area contributed by atoms with E-state index in [4.69, 9.17) is 9.84 Å². The van der Waals surface area contributed by atoms with Crippen molar-refractivity contribution >= 4 is 11.7 Å². The normalized spacial score (nSPS) is 10.1. The van der Waals surface area contributed by atoms with Crippen LogP contribution in [0.3, 0.4) is 0 Å². The highest BCUT2D eigenvalue weighted by Crippen LogP contribution is 2.25. The van der Waals surface area contributed by atoms with Crippen LogP contribution in [0.15, 0.2) is 36.5 Å². The highest BCUT2D eigenvalue weighted by atomic mass is 16.5. The van der Waals surface area contributed by atoms with Gasteiger partial charge in [-0.15, -0.1) is 0 Å². The SMILES string of the molecule is COc1ccc(C)cc1NCc1ccc(C(=O)O)cn1. The number of aromatic carboxylic acids is 1. The lowest BCUT2D eigenvalue weighted by Gasteiger charge is -2.11. The van der Waals surface area contributed by atoms with Crippen LogP contribution in [0, 0.1) is 6.92 Å². The van der Waals surface area contributed by atoms with Gasteiger partial charge in [-0.3, -0.25) is 4.98 Å². The smallest absolute Gasteiger partial charge is 0.337 e. The zero-order valence-corrected chi connectivity index (χ0v) is 11.4. The number of anilines is 1. The summed E-state index contributed by atoms with van der Waals surface area (Å²) in [5.41, 5.74) is 2.96. The number of methoxy groups -OCH3 is 1. The number of aryl methyl sites for hydroxylation is 1. The fraction of sp³-hybridized carbons (Fsp3) is 0.200. The average Bonchev–Trinajstić information content (AvgIpc) is 2.45. The van der Waals surface area contributed by atoms with Crippen LogP contribution in [0.1, 0.15) is 21.6 Å². The maximum Gasteiger partial charge on any atom is 0.337 e. The molecule has 0 atom stereocenters.